The summed E-state index contributed by atoms with van der Waals surface area (Å²) in [7, 11) is 8.00. The van der Waals surface area contributed by atoms with Gasteiger partial charge in [0.2, 0.25) is 12.1 Å². The number of carbonyl (C=O) groups excluding carboxylic acids is 2. The van der Waals surface area contributed by atoms with Crippen molar-refractivity contribution < 1.29 is 38.2 Å². The fraction of sp³-hybridized carbons (Fsp3) is 0.949. The highest BCUT2D eigenvalue weighted by Gasteiger charge is 2.36. The SMILES string of the molecule is CCCCCCCCCCCC[N+](C)(C)C(CO)C(=O)OCCCCCOC(=O)[C@H](CO)[N+](C)(C)CCCCCCCCCCCC. The molecule has 0 saturated carbocycles. The predicted octanol–water partition coefficient (Wildman–Crippen LogP) is 7.96. The zero-order valence-corrected chi connectivity index (χ0v) is 32.1. The van der Waals surface area contributed by atoms with Crippen LogP contribution in [0.4, 0.5) is 0 Å². The van der Waals surface area contributed by atoms with Crippen molar-refractivity contribution in [1.29, 1.82) is 0 Å². The van der Waals surface area contributed by atoms with E-state index in [0.717, 1.165) is 45.2 Å². The van der Waals surface area contributed by atoms with E-state index in [0.29, 0.717) is 35.0 Å². The van der Waals surface area contributed by atoms with Gasteiger partial charge in [-0.25, -0.2) is 9.59 Å². The number of ether oxygens (including phenoxy) is 2. The van der Waals surface area contributed by atoms with E-state index in [4.69, 9.17) is 9.47 Å². The Labute approximate surface area is 291 Å². The van der Waals surface area contributed by atoms with Crippen molar-refractivity contribution in [2.75, 3.05) is 67.7 Å². The van der Waals surface area contributed by atoms with Crippen molar-refractivity contribution in [3.8, 4) is 0 Å². The van der Waals surface area contributed by atoms with Gasteiger partial charge in [0.15, 0.2) is 0 Å². The van der Waals surface area contributed by atoms with Gasteiger partial charge >= 0.3 is 11.9 Å². The molecule has 0 spiro atoms. The van der Waals surface area contributed by atoms with E-state index in [2.05, 4.69) is 13.8 Å². The van der Waals surface area contributed by atoms with Crippen LogP contribution in [0.25, 0.3) is 0 Å². The minimum absolute atomic E-state index is 0.223. The summed E-state index contributed by atoms with van der Waals surface area (Å²) >= 11 is 0. The third-order valence-corrected chi connectivity index (χ3v) is 10.0. The maximum atomic E-state index is 12.8. The molecular weight excluding hydrogens is 592 g/mol. The van der Waals surface area contributed by atoms with Gasteiger partial charge in [-0.05, 0) is 44.9 Å². The Morgan fingerprint density at radius 1 is 0.447 bits per heavy atom. The summed E-state index contributed by atoms with van der Waals surface area (Å²) in [6.45, 7) is 6.32. The molecule has 280 valence electrons. The third kappa shape index (κ3) is 23.7. The first-order valence-electron chi connectivity index (χ1n) is 19.8. The summed E-state index contributed by atoms with van der Waals surface area (Å²) in [6, 6.07) is -1.15. The average molecular weight is 673 g/mol. The van der Waals surface area contributed by atoms with E-state index in [-0.39, 0.29) is 25.2 Å². The number of rotatable bonds is 34. The molecule has 47 heavy (non-hydrogen) atoms. The molecule has 2 atom stereocenters. The lowest BCUT2D eigenvalue weighted by Crippen LogP contribution is -2.55. The largest absolute Gasteiger partial charge is 0.461 e. The first-order chi connectivity index (χ1) is 22.6. The molecule has 0 aromatic heterocycles. The van der Waals surface area contributed by atoms with Gasteiger partial charge in [0.25, 0.3) is 0 Å². The minimum Gasteiger partial charge on any atom is -0.461 e. The van der Waals surface area contributed by atoms with Crippen molar-refractivity contribution in [2.45, 2.75) is 174 Å². The molecule has 2 N–H and O–H groups in total. The highest BCUT2D eigenvalue weighted by molar-refractivity contribution is 5.75. The van der Waals surface area contributed by atoms with Gasteiger partial charge in [-0.15, -0.1) is 0 Å². The summed E-state index contributed by atoms with van der Waals surface area (Å²) < 4.78 is 11.9. The van der Waals surface area contributed by atoms with Gasteiger partial charge < -0.3 is 28.7 Å². The Morgan fingerprint density at radius 2 is 0.702 bits per heavy atom. The first-order valence-corrected chi connectivity index (χ1v) is 19.8. The number of likely N-dealkylation sites (N-methyl/N-ethyl adjacent to an activating group) is 2. The van der Waals surface area contributed by atoms with Crippen LogP contribution in [0.2, 0.25) is 0 Å². The second-order valence-corrected chi connectivity index (χ2v) is 15.2. The van der Waals surface area contributed by atoms with Crippen molar-refractivity contribution in [3.05, 3.63) is 0 Å². The minimum atomic E-state index is -0.577. The standard InChI is InChI=1S/C39H80N2O6/c1-7-9-11-13-15-17-19-21-23-26-30-40(3,4)36(34-42)38(44)46-32-28-25-29-33-47-39(45)37(35-43)41(5,6)31-27-24-22-20-18-16-14-12-10-8-2/h36-37,42-43H,7-35H2,1-6H3/q+2/t36-,37?/m0/s1. The van der Waals surface area contributed by atoms with E-state index in [9.17, 15) is 19.8 Å². The smallest absolute Gasteiger partial charge is 0.367 e. The lowest BCUT2D eigenvalue weighted by molar-refractivity contribution is -0.907. The zero-order chi connectivity index (χ0) is 35.2. The molecule has 0 rings (SSSR count). The Bertz CT molecular complexity index is 685. The summed E-state index contributed by atoms with van der Waals surface area (Å²) in [5, 5.41) is 20.0. The molecular formula is C39H80N2O6+2. The second-order valence-electron chi connectivity index (χ2n) is 15.2. The molecule has 0 saturated heterocycles. The zero-order valence-electron chi connectivity index (χ0n) is 32.1. The number of esters is 2. The van der Waals surface area contributed by atoms with Gasteiger partial charge in [0, 0.05) is 0 Å². The van der Waals surface area contributed by atoms with E-state index in [1.54, 1.807) is 0 Å². The van der Waals surface area contributed by atoms with Crippen LogP contribution in [0.15, 0.2) is 0 Å². The third-order valence-electron chi connectivity index (χ3n) is 10.0. The van der Waals surface area contributed by atoms with Gasteiger partial charge in [-0.2, -0.15) is 0 Å². The Morgan fingerprint density at radius 3 is 0.979 bits per heavy atom. The fourth-order valence-corrected chi connectivity index (χ4v) is 6.41. The predicted molar refractivity (Wildman–Crippen MR) is 195 cm³/mol. The highest BCUT2D eigenvalue weighted by Crippen LogP contribution is 2.17. The molecule has 0 aliphatic heterocycles. The van der Waals surface area contributed by atoms with Crippen LogP contribution in [0.3, 0.4) is 0 Å². The highest BCUT2D eigenvalue weighted by atomic mass is 16.5. The van der Waals surface area contributed by atoms with Gasteiger partial charge in [-0.1, -0.05) is 117 Å². The van der Waals surface area contributed by atoms with Gasteiger partial charge in [-0.3, -0.25) is 0 Å². The van der Waals surface area contributed by atoms with E-state index < -0.39 is 12.1 Å². The molecule has 0 aromatic rings. The summed E-state index contributed by atoms with van der Waals surface area (Å²) in [5.41, 5.74) is 0. The molecule has 8 heteroatoms. The van der Waals surface area contributed by atoms with Crippen LogP contribution in [0.1, 0.15) is 162 Å². The monoisotopic (exact) mass is 673 g/mol. The number of nitrogens with zero attached hydrogens (tertiary/aromatic N) is 2. The molecule has 8 nitrogen and oxygen atoms in total. The molecule has 0 amide bonds. The fourth-order valence-electron chi connectivity index (χ4n) is 6.41. The second kappa shape index (κ2) is 29.7. The number of hydrogen-bond acceptors (Lipinski definition) is 6. The average Bonchev–Trinajstić information content (AvgIpc) is 3.02. The summed E-state index contributed by atoms with van der Waals surface area (Å²) in [6.07, 6.45) is 27.6. The maximum absolute atomic E-state index is 12.8. The van der Waals surface area contributed by atoms with Crippen LogP contribution >= 0.6 is 0 Å². The summed E-state index contributed by atoms with van der Waals surface area (Å²) in [4.78, 5) is 25.6. The van der Waals surface area contributed by atoms with Gasteiger partial charge in [0.05, 0.1) is 54.5 Å². The number of hydrogen-bond donors (Lipinski definition) is 2. The number of carbonyl (C=O) groups is 2. The number of aliphatic hydroxyl groups is 2. The molecule has 0 radical (unpaired) electrons. The first kappa shape index (κ1) is 45.8. The quantitative estimate of drug-likeness (QED) is 0.0410. The molecule has 0 fully saturated rings. The molecule has 0 aliphatic rings. The van der Waals surface area contributed by atoms with E-state index in [1.807, 2.05) is 28.2 Å². The van der Waals surface area contributed by atoms with Crippen LogP contribution in [0, 0.1) is 0 Å². The van der Waals surface area contributed by atoms with Crippen LogP contribution in [-0.2, 0) is 19.1 Å². The topological polar surface area (TPSA) is 93.1 Å². The number of quaternary nitrogens is 2. The van der Waals surface area contributed by atoms with Gasteiger partial charge in [0.1, 0.15) is 13.2 Å². The molecule has 0 bridgehead atoms. The number of aliphatic hydroxyl groups excluding tert-OH is 2. The van der Waals surface area contributed by atoms with Crippen LogP contribution in [-0.4, -0.2) is 111 Å². The van der Waals surface area contributed by atoms with E-state index in [1.165, 1.54) is 103 Å². The van der Waals surface area contributed by atoms with Crippen LogP contribution < -0.4 is 0 Å². The lowest BCUT2D eigenvalue weighted by atomic mass is 10.1. The normalized spacial score (nSPS) is 13.4. The van der Waals surface area contributed by atoms with Crippen molar-refractivity contribution in [3.63, 3.8) is 0 Å². The Hall–Kier alpha value is -1.22. The van der Waals surface area contributed by atoms with Crippen LogP contribution in [0.5, 0.6) is 0 Å². The maximum Gasteiger partial charge on any atom is 0.367 e. The Balaban J connectivity index is 4.13. The molecule has 0 heterocycles. The van der Waals surface area contributed by atoms with E-state index >= 15 is 0 Å². The Kier molecular flexibility index (Phi) is 28.9. The van der Waals surface area contributed by atoms with Crippen molar-refractivity contribution >= 4 is 11.9 Å². The molecule has 0 aromatic carbocycles. The summed E-state index contributed by atoms with van der Waals surface area (Å²) in [5.74, 6) is -0.687. The molecule has 0 aliphatic carbocycles. The van der Waals surface area contributed by atoms with Crippen molar-refractivity contribution in [1.82, 2.24) is 0 Å². The van der Waals surface area contributed by atoms with Crippen molar-refractivity contribution in [2.24, 2.45) is 0 Å². The lowest BCUT2D eigenvalue weighted by Gasteiger charge is -2.35. The molecule has 1 unspecified atom stereocenters. The number of unbranched alkanes of at least 4 members (excludes halogenated alkanes) is 20.